The number of nitrogens with zero attached hydrogens (tertiary/aromatic N) is 2. The van der Waals surface area contributed by atoms with Gasteiger partial charge in [-0.05, 0) is 42.5 Å². The monoisotopic (exact) mass is 511 g/mol. The molecule has 1 heterocycles. The summed E-state index contributed by atoms with van der Waals surface area (Å²) in [4.78, 5) is 18.1. The standard InChI is InChI=1S/C30H26ClN3O3/c31-27-12-6-4-10-22(27)20-37-25-16-14-23(15-17-25)32-18-24(35)19-34-29(21-8-2-1-3-9-21)33-28-13-7-5-11-26(28)30(34)36/h1-17,24,32,35H,18-20H2. The van der Waals surface area contributed by atoms with E-state index in [1.54, 1.807) is 10.6 Å². The van der Waals surface area contributed by atoms with E-state index in [2.05, 4.69) is 5.32 Å². The molecule has 1 atom stereocenters. The first-order valence-electron chi connectivity index (χ1n) is 12.0. The Morgan fingerprint density at radius 3 is 2.38 bits per heavy atom. The van der Waals surface area contributed by atoms with Crippen LogP contribution in [0, 0.1) is 0 Å². The molecule has 37 heavy (non-hydrogen) atoms. The molecule has 0 spiro atoms. The van der Waals surface area contributed by atoms with Crippen molar-refractivity contribution >= 4 is 28.2 Å². The van der Waals surface area contributed by atoms with Crippen LogP contribution in [-0.4, -0.2) is 27.3 Å². The van der Waals surface area contributed by atoms with Crippen molar-refractivity contribution in [3.05, 3.63) is 124 Å². The Morgan fingerprint density at radius 2 is 1.59 bits per heavy atom. The minimum absolute atomic E-state index is 0.104. The Hall–Kier alpha value is -4.13. The Kier molecular flexibility index (Phi) is 7.49. The van der Waals surface area contributed by atoms with E-state index in [1.807, 2.05) is 97.1 Å². The van der Waals surface area contributed by atoms with Gasteiger partial charge in [0, 0.05) is 28.4 Å². The summed E-state index contributed by atoms with van der Waals surface area (Å²) in [6, 6.07) is 31.9. The van der Waals surface area contributed by atoms with E-state index in [0.717, 1.165) is 16.8 Å². The number of aliphatic hydroxyl groups excluding tert-OH is 1. The lowest BCUT2D eigenvalue weighted by Crippen LogP contribution is -2.32. The van der Waals surface area contributed by atoms with Gasteiger partial charge in [-0.2, -0.15) is 0 Å². The van der Waals surface area contributed by atoms with Crippen molar-refractivity contribution in [2.24, 2.45) is 0 Å². The smallest absolute Gasteiger partial charge is 0.261 e. The van der Waals surface area contributed by atoms with Crippen molar-refractivity contribution in [3.63, 3.8) is 0 Å². The SMILES string of the molecule is O=c1c2ccccc2nc(-c2ccccc2)n1CC(O)CNc1ccc(OCc2ccccc2Cl)cc1. The van der Waals surface area contributed by atoms with Crippen LogP contribution >= 0.6 is 11.6 Å². The lowest BCUT2D eigenvalue weighted by Gasteiger charge is -2.18. The van der Waals surface area contributed by atoms with Crippen LogP contribution in [0.3, 0.4) is 0 Å². The van der Waals surface area contributed by atoms with Gasteiger partial charge in [0.25, 0.3) is 5.56 Å². The number of rotatable bonds is 9. The first-order valence-corrected chi connectivity index (χ1v) is 12.4. The molecule has 0 aliphatic carbocycles. The minimum Gasteiger partial charge on any atom is -0.489 e. The molecule has 7 heteroatoms. The number of halogens is 1. The van der Waals surface area contributed by atoms with E-state index < -0.39 is 6.10 Å². The molecule has 0 amide bonds. The summed E-state index contributed by atoms with van der Waals surface area (Å²) < 4.78 is 7.38. The zero-order valence-corrected chi connectivity index (χ0v) is 20.8. The largest absolute Gasteiger partial charge is 0.489 e. The first-order chi connectivity index (χ1) is 18.1. The molecule has 0 aliphatic rings. The van der Waals surface area contributed by atoms with Crippen molar-refractivity contribution in [3.8, 4) is 17.1 Å². The zero-order valence-electron chi connectivity index (χ0n) is 20.0. The minimum atomic E-state index is -0.820. The van der Waals surface area contributed by atoms with E-state index in [0.29, 0.717) is 34.1 Å². The topological polar surface area (TPSA) is 76.4 Å². The van der Waals surface area contributed by atoms with Crippen LogP contribution in [0.4, 0.5) is 5.69 Å². The highest BCUT2D eigenvalue weighted by molar-refractivity contribution is 6.31. The molecule has 0 radical (unpaired) electrons. The van der Waals surface area contributed by atoms with Gasteiger partial charge in [0.2, 0.25) is 0 Å². The maximum Gasteiger partial charge on any atom is 0.261 e. The fourth-order valence-electron chi connectivity index (χ4n) is 4.10. The zero-order chi connectivity index (χ0) is 25.6. The van der Waals surface area contributed by atoms with Gasteiger partial charge >= 0.3 is 0 Å². The number of hydrogen-bond donors (Lipinski definition) is 2. The second kappa shape index (κ2) is 11.3. The highest BCUT2D eigenvalue weighted by Crippen LogP contribution is 2.21. The van der Waals surface area contributed by atoms with E-state index >= 15 is 0 Å². The van der Waals surface area contributed by atoms with Gasteiger partial charge in [-0.25, -0.2) is 4.98 Å². The summed E-state index contributed by atoms with van der Waals surface area (Å²) in [5.74, 6) is 1.25. The number of fused-ring (bicyclic) bond motifs is 1. The van der Waals surface area contributed by atoms with Crippen LogP contribution in [0.15, 0.2) is 108 Å². The average molecular weight is 512 g/mol. The second-order valence-corrected chi connectivity index (χ2v) is 9.08. The number of aromatic nitrogens is 2. The van der Waals surface area contributed by atoms with Gasteiger partial charge in [0.1, 0.15) is 18.2 Å². The molecule has 6 nitrogen and oxygen atoms in total. The Bertz CT molecular complexity index is 1550. The third-order valence-electron chi connectivity index (χ3n) is 6.04. The number of ether oxygens (including phenoxy) is 1. The second-order valence-electron chi connectivity index (χ2n) is 8.67. The van der Waals surface area contributed by atoms with Gasteiger partial charge in [0.05, 0.1) is 23.6 Å². The normalized spacial score (nSPS) is 11.8. The Balaban J connectivity index is 1.26. The molecule has 5 rings (SSSR count). The number of hydrogen-bond acceptors (Lipinski definition) is 5. The van der Waals surface area contributed by atoms with Crippen molar-refractivity contribution in [2.75, 3.05) is 11.9 Å². The summed E-state index contributed by atoms with van der Waals surface area (Å²) in [5.41, 5.74) is 3.02. The molecule has 186 valence electrons. The van der Waals surface area contributed by atoms with Crippen LogP contribution in [-0.2, 0) is 13.2 Å². The molecule has 1 aromatic heterocycles. The summed E-state index contributed by atoms with van der Waals surface area (Å²) in [6.07, 6.45) is -0.820. The molecule has 5 aromatic rings. The van der Waals surface area contributed by atoms with Crippen LogP contribution in [0.25, 0.3) is 22.3 Å². The van der Waals surface area contributed by atoms with Crippen molar-refractivity contribution in [1.29, 1.82) is 0 Å². The number of nitrogens with one attached hydrogen (secondary N) is 1. The van der Waals surface area contributed by atoms with Gasteiger partial charge < -0.3 is 15.2 Å². The number of anilines is 1. The summed E-state index contributed by atoms with van der Waals surface area (Å²) in [7, 11) is 0. The van der Waals surface area contributed by atoms with E-state index in [4.69, 9.17) is 21.3 Å². The molecule has 2 N–H and O–H groups in total. The molecule has 0 bridgehead atoms. The van der Waals surface area contributed by atoms with E-state index in [9.17, 15) is 9.90 Å². The quantitative estimate of drug-likeness (QED) is 0.263. The molecular weight excluding hydrogens is 486 g/mol. The average Bonchev–Trinajstić information content (AvgIpc) is 2.94. The van der Waals surface area contributed by atoms with Crippen molar-refractivity contribution in [2.45, 2.75) is 19.3 Å². The molecule has 0 saturated heterocycles. The fourth-order valence-corrected chi connectivity index (χ4v) is 4.29. The van der Waals surface area contributed by atoms with Gasteiger partial charge in [-0.1, -0.05) is 72.3 Å². The van der Waals surface area contributed by atoms with E-state index in [-0.39, 0.29) is 18.6 Å². The lowest BCUT2D eigenvalue weighted by atomic mass is 10.1. The third-order valence-corrected chi connectivity index (χ3v) is 6.40. The number of para-hydroxylation sites is 1. The summed E-state index contributed by atoms with van der Waals surface area (Å²) in [6.45, 7) is 0.740. The predicted molar refractivity (Wildman–Crippen MR) is 148 cm³/mol. The predicted octanol–water partition coefficient (Wildman–Crippen LogP) is 5.77. The van der Waals surface area contributed by atoms with E-state index in [1.165, 1.54) is 0 Å². The summed E-state index contributed by atoms with van der Waals surface area (Å²) >= 11 is 6.19. The highest BCUT2D eigenvalue weighted by atomic mass is 35.5. The Labute approximate surface area is 219 Å². The maximum absolute atomic E-state index is 13.3. The van der Waals surface area contributed by atoms with Crippen LogP contribution in [0.2, 0.25) is 5.02 Å². The Morgan fingerprint density at radius 1 is 0.892 bits per heavy atom. The van der Waals surface area contributed by atoms with Crippen LogP contribution in [0.1, 0.15) is 5.56 Å². The first kappa shape index (κ1) is 24.6. The molecule has 1 unspecified atom stereocenters. The van der Waals surface area contributed by atoms with Crippen molar-refractivity contribution < 1.29 is 9.84 Å². The number of aliphatic hydroxyl groups is 1. The highest BCUT2D eigenvalue weighted by Gasteiger charge is 2.16. The van der Waals surface area contributed by atoms with Gasteiger partial charge in [0.15, 0.2) is 0 Å². The summed E-state index contributed by atoms with van der Waals surface area (Å²) in [5, 5.41) is 15.3. The van der Waals surface area contributed by atoms with Crippen LogP contribution in [0.5, 0.6) is 5.75 Å². The van der Waals surface area contributed by atoms with Crippen molar-refractivity contribution in [1.82, 2.24) is 9.55 Å². The van der Waals surface area contributed by atoms with Gasteiger partial charge in [-0.15, -0.1) is 0 Å². The van der Waals surface area contributed by atoms with Gasteiger partial charge in [-0.3, -0.25) is 9.36 Å². The molecule has 0 saturated carbocycles. The molecule has 0 fully saturated rings. The molecule has 0 aliphatic heterocycles. The maximum atomic E-state index is 13.3. The number of benzene rings is 4. The fraction of sp³-hybridized carbons (Fsp3) is 0.133. The third kappa shape index (κ3) is 5.82. The van der Waals surface area contributed by atoms with Crippen LogP contribution < -0.4 is 15.6 Å². The molecule has 4 aromatic carbocycles. The lowest BCUT2D eigenvalue weighted by molar-refractivity contribution is 0.165. The molecular formula is C30H26ClN3O3.